The Kier molecular flexibility index (Phi) is 3.88. The van der Waals surface area contributed by atoms with Crippen molar-refractivity contribution in [1.82, 2.24) is 0 Å². The normalized spacial score (nSPS) is 18.5. The molecule has 1 amide bonds. The molecule has 1 aromatic carbocycles. The van der Waals surface area contributed by atoms with Crippen LogP contribution in [-0.2, 0) is 15.0 Å². The molecule has 1 heterocycles. The van der Waals surface area contributed by atoms with Crippen LogP contribution in [0.4, 0.5) is 9.57 Å². The van der Waals surface area contributed by atoms with Crippen molar-refractivity contribution < 1.29 is 36.9 Å². The maximum atomic E-state index is 13.0. The topological polar surface area (TPSA) is 129 Å². The van der Waals surface area contributed by atoms with Gasteiger partial charge in [0.15, 0.2) is 0 Å². The van der Waals surface area contributed by atoms with E-state index in [4.69, 9.17) is 10.2 Å². The summed E-state index contributed by atoms with van der Waals surface area (Å²) in [6, 6.07) is 2.97. The van der Waals surface area contributed by atoms with Gasteiger partial charge < -0.3 is 15.1 Å². The van der Waals surface area contributed by atoms with Crippen LogP contribution in [0.1, 0.15) is 27.1 Å². The molecule has 1 fully saturated rings. The third-order valence-corrected chi connectivity index (χ3v) is 4.37. The average Bonchev–Trinajstić information content (AvgIpc) is 2.79. The van der Waals surface area contributed by atoms with Crippen LogP contribution >= 0.6 is 0 Å². The molecule has 0 spiro atoms. The third-order valence-electron chi connectivity index (χ3n) is 3.25. The highest BCUT2D eigenvalue weighted by molar-refractivity contribution is 7.87. The molecule has 1 aliphatic heterocycles. The lowest BCUT2D eigenvalue weighted by molar-refractivity contribution is -0.117. The number of hydrogen-bond donors (Lipinski definition) is 2. The molecule has 8 nitrogen and oxygen atoms in total. The van der Waals surface area contributed by atoms with Gasteiger partial charge in [0.1, 0.15) is 5.25 Å². The van der Waals surface area contributed by atoms with Crippen LogP contribution in [0.5, 0.6) is 0 Å². The van der Waals surface area contributed by atoms with Gasteiger partial charge in [-0.15, -0.1) is 3.89 Å². The molecule has 0 saturated carbocycles. The second kappa shape index (κ2) is 5.37. The van der Waals surface area contributed by atoms with E-state index in [0.29, 0.717) is 0 Å². The van der Waals surface area contributed by atoms with Gasteiger partial charge in [0.25, 0.3) is 0 Å². The monoisotopic (exact) mass is 331 g/mol. The lowest BCUT2D eigenvalue weighted by atomic mass is 10.1. The van der Waals surface area contributed by atoms with Crippen LogP contribution in [0.3, 0.4) is 0 Å². The second-order valence-corrected chi connectivity index (χ2v) is 6.27. The van der Waals surface area contributed by atoms with Crippen molar-refractivity contribution in [2.24, 2.45) is 0 Å². The molecule has 0 bridgehead atoms. The fourth-order valence-electron chi connectivity index (χ4n) is 2.17. The number of carboxylic acids is 2. The van der Waals surface area contributed by atoms with E-state index in [-0.39, 0.29) is 16.8 Å². The molecule has 1 unspecified atom stereocenters. The van der Waals surface area contributed by atoms with Gasteiger partial charge in [0.2, 0.25) is 5.91 Å². The number of carboxylic acid groups (broad SMARTS) is 2. The number of carbonyl (C=O) groups is 3. The summed E-state index contributed by atoms with van der Waals surface area (Å²) in [6.07, 6.45) is -0.630. The van der Waals surface area contributed by atoms with Gasteiger partial charge in [-0.2, -0.15) is 8.42 Å². The number of hydrogen-bond acceptors (Lipinski definition) is 5. The highest BCUT2D eigenvalue weighted by Crippen LogP contribution is 2.29. The standard InChI is InChI=1S/C12H10FNO7S/c13-22(20,21)7-4-10(15)14(5-7)9-3-6(11(16)17)1-2-8(9)12(18)19/h1-3,7H,4-5H2,(H,16,17)(H,18,19). The molecule has 118 valence electrons. The van der Waals surface area contributed by atoms with E-state index in [2.05, 4.69) is 0 Å². The Hall–Kier alpha value is -2.49. The molecule has 0 aliphatic carbocycles. The molecule has 22 heavy (non-hydrogen) atoms. The predicted molar refractivity (Wildman–Crippen MR) is 71.1 cm³/mol. The minimum absolute atomic E-state index is 0.274. The Labute approximate surface area is 124 Å². The van der Waals surface area contributed by atoms with E-state index in [9.17, 15) is 26.7 Å². The highest BCUT2D eigenvalue weighted by Gasteiger charge is 2.40. The SMILES string of the molecule is O=C(O)c1ccc(C(=O)O)c(N2CC(S(=O)(=O)F)CC2=O)c1. The summed E-state index contributed by atoms with van der Waals surface area (Å²) in [5.41, 5.74) is -0.932. The molecular weight excluding hydrogens is 321 g/mol. The Morgan fingerprint density at radius 2 is 1.86 bits per heavy atom. The lowest BCUT2D eigenvalue weighted by Gasteiger charge is -2.19. The number of rotatable bonds is 4. The first kappa shape index (κ1) is 15.9. The number of carbonyl (C=O) groups excluding carboxylic acids is 1. The maximum Gasteiger partial charge on any atom is 0.337 e. The summed E-state index contributed by atoms with van der Waals surface area (Å²) >= 11 is 0. The van der Waals surface area contributed by atoms with Gasteiger partial charge in [-0.05, 0) is 18.2 Å². The van der Waals surface area contributed by atoms with Crippen molar-refractivity contribution in [2.75, 3.05) is 11.4 Å². The molecule has 10 heteroatoms. The van der Waals surface area contributed by atoms with Gasteiger partial charge in [0, 0.05) is 13.0 Å². The van der Waals surface area contributed by atoms with Crippen molar-refractivity contribution in [2.45, 2.75) is 11.7 Å². The molecule has 1 aromatic rings. The Bertz CT molecular complexity index is 774. The summed E-state index contributed by atoms with van der Waals surface area (Å²) in [7, 11) is -4.96. The van der Waals surface area contributed by atoms with Crippen LogP contribution < -0.4 is 4.90 Å². The minimum Gasteiger partial charge on any atom is -0.478 e. The molecule has 2 rings (SSSR count). The van der Waals surface area contributed by atoms with Gasteiger partial charge >= 0.3 is 22.2 Å². The second-order valence-electron chi connectivity index (χ2n) is 4.65. The molecule has 1 aliphatic rings. The van der Waals surface area contributed by atoms with Crippen molar-refractivity contribution in [3.05, 3.63) is 29.3 Å². The van der Waals surface area contributed by atoms with E-state index in [1.165, 1.54) is 0 Å². The Balaban J connectivity index is 2.51. The fourth-order valence-corrected chi connectivity index (χ4v) is 2.83. The van der Waals surface area contributed by atoms with Crippen molar-refractivity contribution >= 4 is 33.8 Å². The van der Waals surface area contributed by atoms with Crippen LogP contribution in [0.15, 0.2) is 18.2 Å². The van der Waals surface area contributed by atoms with Gasteiger partial charge in [-0.3, -0.25) is 4.79 Å². The third kappa shape index (κ3) is 2.91. The van der Waals surface area contributed by atoms with Crippen LogP contribution in [0.2, 0.25) is 0 Å². The van der Waals surface area contributed by atoms with E-state index >= 15 is 0 Å². The zero-order valence-electron chi connectivity index (χ0n) is 10.9. The first-order valence-corrected chi connectivity index (χ1v) is 7.40. The molecule has 0 radical (unpaired) electrons. The number of halogens is 1. The number of aromatic carboxylic acids is 2. The highest BCUT2D eigenvalue weighted by atomic mass is 32.3. The lowest BCUT2D eigenvalue weighted by Crippen LogP contribution is -2.28. The fraction of sp³-hybridized carbons (Fsp3) is 0.250. The summed E-state index contributed by atoms with van der Waals surface area (Å²) < 4.78 is 34.8. The summed E-state index contributed by atoms with van der Waals surface area (Å²) in [6.45, 7) is -0.568. The molecular formula is C12H10FNO7S. The van der Waals surface area contributed by atoms with E-state index < -0.39 is 46.3 Å². The van der Waals surface area contributed by atoms with Gasteiger partial charge in [-0.1, -0.05) is 0 Å². The average molecular weight is 331 g/mol. The predicted octanol–water partition coefficient (Wildman–Crippen LogP) is 0.488. The van der Waals surface area contributed by atoms with Gasteiger partial charge in [0.05, 0.1) is 16.8 Å². The van der Waals surface area contributed by atoms with Crippen LogP contribution in [0, 0.1) is 0 Å². The quantitative estimate of drug-likeness (QED) is 0.768. The summed E-state index contributed by atoms with van der Waals surface area (Å²) in [5, 5.41) is 16.4. The van der Waals surface area contributed by atoms with Crippen molar-refractivity contribution in [1.29, 1.82) is 0 Å². The zero-order valence-corrected chi connectivity index (χ0v) is 11.7. The summed E-state index contributed by atoms with van der Waals surface area (Å²) in [5.74, 6) is -3.57. The van der Waals surface area contributed by atoms with E-state index in [1.807, 2.05) is 0 Å². The Morgan fingerprint density at radius 1 is 1.23 bits per heavy atom. The Morgan fingerprint density at radius 3 is 2.32 bits per heavy atom. The van der Waals surface area contributed by atoms with Crippen LogP contribution in [0.25, 0.3) is 0 Å². The maximum absolute atomic E-state index is 13.0. The molecule has 0 aromatic heterocycles. The van der Waals surface area contributed by atoms with Crippen molar-refractivity contribution in [3.63, 3.8) is 0 Å². The number of amides is 1. The summed E-state index contributed by atoms with van der Waals surface area (Å²) in [4.78, 5) is 34.7. The first-order valence-electron chi connectivity index (χ1n) is 5.95. The zero-order chi connectivity index (χ0) is 16.7. The smallest absolute Gasteiger partial charge is 0.337 e. The number of nitrogens with zero attached hydrogens (tertiary/aromatic N) is 1. The first-order chi connectivity index (χ1) is 10.1. The van der Waals surface area contributed by atoms with E-state index in [0.717, 1.165) is 23.1 Å². The van der Waals surface area contributed by atoms with E-state index in [1.54, 1.807) is 0 Å². The van der Waals surface area contributed by atoms with Crippen LogP contribution in [-0.4, -0.2) is 48.3 Å². The van der Waals surface area contributed by atoms with Crippen molar-refractivity contribution in [3.8, 4) is 0 Å². The molecule has 2 N–H and O–H groups in total. The largest absolute Gasteiger partial charge is 0.478 e. The molecule has 1 saturated heterocycles. The van der Waals surface area contributed by atoms with Gasteiger partial charge in [-0.25, -0.2) is 9.59 Å². The number of benzene rings is 1. The minimum atomic E-state index is -4.96. The number of anilines is 1. The molecule has 1 atom stereocenters.